The van der Waals surface area contributed by atoms with E-state index in [2.05, 4.69) is 22.8 Å². The third-order valence-corrected chi connectivity index (χ3v) is 3.55. The Balaban J connectivity index is 1.99. The van der Waals surface area contributed by atoms with E-state index in [0.717, 1.165) is 18.6 Å². The molecule has 2 fully saturated rings. The predicted octanol–water partition coefficient (Wildman–Crippen LogP) is 0.788. The van der Waals surface area contributed by atoms with Crippen LogP contribution in [0, 0.1) is 12.3 Å². The van der Waals surface area contributed by atoms with Crippen molar-refractivity contribution in [2.45, 2.75) is 31.3 Å². The van der Waals surface area contributed by atoms with Crippen molar-refractivity contribution in [1.29, 1.82) is 0 Å². The van der Waals surface area contributed by atoms with E-state index in [0.29, 0.717) is 0 Å². The molecule has 2 bridgehead atoms. The summed E-state index contributed by atoms with van der Waals surface area (Å²) in [4.78, 5) is 4.97. The minimum absolute atomic E-state index is 0.765. The van der Waals surface area contributed by atoms with Gasteiger partial charge in [-0.15, -0.1) is 6.42 Å². The van der Waals surface area contributed by atoms with Crippen molar-refractivity contribution in [3.8, 4) is 12.3 Å². The van der Waals surface area contributed by atoms with Gasteiger partial charge in [0, 0.05) is 25.2 Å². The molecule has 2 heterocycles. The minimum atomic E-state index is 0.765. The van der Waals surface area contributed by atoms with Crippen molar-refractivity contribution in [2.75, 3.05) is 26.7 Å². The number of likely N-dealkylation sites (N-methyl/N-ethyl adjacent to an activating group) is 1. The molecule has 2 unspecified atom stereocenters. The zero-order chi connectivity index (χ0) is 9.26. The van der Waals surface area contributed by atoms with Gasteiger partial charge in [-0.1, -0.05) is 5.92 Å². The Morgan fingerprint density at radius 1 is 1.31 bits per heavy atom. The highest BCUT2D eigenvalue weighted by atomic mass is 15.3. The second-order valence-electron chi connectivity index (χ2n) is 4.28. The van der Waals surface area contributed by atoms with Crippen molar-refractivity contribution in [2.24, 2.45) is 0 Å². The highest BCUT2D eigenvalue weighted by Gasteiger charge is 2.34. The number of hydrogen-bond donors (Lipinski definition) is 0. The molecule has 0 aromatic heterocycles. The fraction of sp³-hybridized carbons (Fsp3) is 0.818. The quantitative estimate of drug-likeness (QED) is 0.548. The van der Waals surface area contributed by atoms with Crippen LogP contribution >= 0.6 is 0 Å². The highest BCUT2D eigenvalue weighted by Crippen LogP contribution is 2.28. The molecule has 0 radical (unpaired) electrons. The first-order valence-electron chi connectivity index (χ1n) is 5.19. The summed E-state index contributed by atoms with van der Waals surface area (Å²) in [6.45, 7) is 3.20. The SMILES string of the molecule is C#CCN1CCC2CCC(C1)N2C. The first-order valence-corrected chi connectivity index (χ1v) is 5.19. The van der Waals surface area contributed by atoms with Crippen LogP contribution in [0.25, 0.3) is 0 Å². The monoisotopic (exact) mass is 178 g/mol. The summed E-state index contributed by atoms with van der Waals surface area (Å²) < 4.78 is 0. The van der Waals surface area contributed by atoms with Crippen LogP contribution < -0.4 is 0 Å². The molecule has 0 spiro atoms. The zero-order valence-corrected chi connectivity index (χ0v) is 8.37. The summed E-state index contributed by atoms with van der Waals surface area (Å²) in [5.74, 6) is 2.75. The van der Waals surface area contributed by atoms with Gasteiger partial charge in [-0.3, -0.25) is 9.80 Å². The van der Waals surface area contributed by atoms with Gasteiger partial charge in [0.2, 0.25) is 0 Å². The van der Waals surface area contributed by atoms with Gasteiger partial charge in [-0.2, -0.15) is 0 Å². The highest BCUT2D eigenvalue weighted by molar-refractivity contribution is 4.95. The maximum atomic E-state index is 5.34. The van der Waals surface area contributed by atoms with Gasteiger partial charge < -0.3 is 0 Å². The average Bonchev–Trinajstić information content (AvgIpc) is 2.33. The molecule has 72 valence electrons. The van der Waals surface area contributed by atoms with Crippen LogP contribution in [0.15, 0.2) is 0 Å². The van der Waals surface area contributed by atoms with Crippen molar-refractivity contribution in [1.82, 2.24) is 9.80 Å². The molecule has 0 aliphatic carbocycles. The van der Waals surface area contributed by atoms with Gasteiger partial charge in [0.1, 0.15) is 0 Å². The number of nitrogens with zero attached hydrogens (tertiary/aromatic N) is 2. The largest absolute Gasteiger partial charge is 0.299 e. The molecule has 0 amide bonds. The molecule has 2 saturated heterocycles. The van der Waals surface area contributed by atoms with E-state index in [4.69, 9.17) is 6.42 Å². The molecule has 0 aromatic rings. The van der Waals surface area contributed by atoms with Crippen LogP contribution in [0.3, 0.4) is 0 Å². The second-order valence-corrected chi connectivity index (χ2v) is 4.28. The number of hydrogen-bond acceptors (Lipinski definition) is 2. The maximum Gasteiger partial charge on any atom is 0.0599 e. The van der Waals surface area contributed by atoms with E-state index in [1.165, 1.54) is 32.4 Å². The Hall–Kier alpha value is -0.520. The lowest BCUT2D eigenvalue weighted by molar-refractivity contribution is 0.230. The number of terminal acetylenes is 1. The molecule has 0 saturated carbocycles. The Morgan fingerprint density at radius 3 is 2.85 bits per heavy atom. The molecule has 2 nitrogen and oxygen atoms in total. The van der Waals surface area contributed by atoms with Gasteiger partial charge in [-0.05, 0) is 26.3 Å². The molecule has 2 atom stereocenters. The van der Waals surface area contributed by atoms with Crippen LogP contribution in [0.5, 0.6) is 0 Å². The second kappa shape index (κ2) is 3.69. The van der Waals surface area contributed by atoms with E-state index in [9.17, 15) is 0 Å². The van der Waals surface area contributed by atoms with E-state index in [-0.39, 0.29) is 0 Å². The van der Waals surface area contributed by atoms with E-state index < -0.39 is 0 Å². The molecule has 2 aliphatic heterocycles. The summed E-state index contributed by atoms with van der Waals surface area (Å²) in [5.41, 5.74) is 0. The van der Waals surface area contributed by atoms with Gasteiger partial charge in [0.25, 0.3) is 0 Å². The normalized spacial score (nSPS) is 35.7. The average molecular weight is 178 g/mol. The van der Waals surface area contributed by atoms with Crippen molar-refractivity contribution in [3.63, 3.8) is 0 Å². The Kier molecular flexibility index (Phi) is 2.57. The minimum Gasteiger partial charge on any atom is -0.299 e. The summed E-state index contributed by atoms with van der Waals surface area (Å²) >= 11 is 0. The zero-order valence-electron chi connectivity index (χ0n) is 8.37. The third kappa shape index (κ3) is 1.72. The van der Waals surface area contributed by atoms with Crippen LogP contribution in [-0.2, 0) is 0 Å². The number of likely N-dealkylation sites (tertiary alicyclic amines) is 1. The standard InChI is InChI=1S/C11H18N2/c1-3-7-13-8-6-10-4-5-11(9-13)12(10)2/h1,10-11H,4-9H2,2H3. The van der Waals surface area contributed by atoms with Crippen LogP contribution in [0.2, 0.25) is 0 Å². The summed E-state index contributed by atoms with van der Waals surface area (Å²) in [6, 6.07) is 1.59. The van der Waals surface area contributed by atoms with Crippen molar-refractivity contribution in [3.05, 3.63) is 0 Å². The van der Waals surface area contributed by atoms with Gasteiger partial charge >= 0.3 is 0 Å². The Morgan fingerprint density at radius 2 is 2.08 bits per heavy atom. The number of rotatable bonds is 1. The molecule has 2 aliphatic rings. The molecular formula is C11H18N2. The lowest BCUT2D eigenvalue weighted by atomic mass is 10.1. The number of fused-ring (bicyclic) bond motifs is 2. The van der Waals surface area contributed by atoms with E-state index >= 15 is 0 Å². The van der Waals surface area contributed by atoms with Crippen LogP contribution in [0.1, 0.15) is 19.3 Å². The lowest BCUT2D eigenvalue weighted by Gasteiger charge is -2.23. The first kappa shape index (κ1) is 9.05. The fourth-order valence-corrected chi connectivity index (χ4v) is 2.65. The summed E-state index contributed by atoms with van der Waals surface area (Å²) in [5, 5.41) is 0. The Labute approximate surface area is 80.9 Å². The molecular weight excluding hydrogens is 160 g/mol. The molecule has 2 rings (SSSR count). The van der Waals surface area contributed by atoms with Gasteiger partial charge in [-0.25, -0.2) is 0 Å². The van der Waals surface area contributed by atoms with Crippen molar-refractivity contribution >= 4 is 0 Å². The topological polar surface area (TPSA) is 6.48 Å². The summed E-state index contributed by atoms with van der Waals surface area (Å²) in [6.07, 6.45) is 9.40. The van der Waals surface area contributed by atoms with E-state index in [1.54, 1.807) is 0 Å². The fourth-order valence-electron chi connectivity index (χ4n) is 2.65. The van der Waals surface area contributed by atoms with Crippen LogP contribution in [0.4, 0.5) is 0 Å². The predicted molar refractivity (Wildman–Crippen MR) is 54.5 cm³/mol. The lowest BCUT2D eigenvalue weighted by Crippen LogP contribution is -2.36. The van der Waals surface area contributed by atoms with Gasteiger partial charge in [0.05, 0.1) is 6.54 Å². The van der Waals surface area contributed by atoms with Crippen LogP contribution in [-0.4, -0.2) is 48.6 Å². The summed E-state index contributed by atoms with van der Waals surface area (Å²) in [7, 11) is 2.27. The molecule has 0 N–H and O–H groups in total. The maximum absolute atomic E-state index is 5.34. The first-order chi connectivity index (χ1) is 6.31. The third-order valence-electron chi connectivity index (χ3n) is 3.55. The Bertz CT molecular complexity index is 219. The molecule has 0 aromatic carbocycles. The smallest absolute Gasteiger partial charge is 0.0599 e. The van der Waals surface area contributed by atoms with Gasteiger partial charge in [0.15, 0.2) is 0 Å². The van der Waals surface area contributed by atoms with E-state index in [1.807, 2.05) is 0 Å². The van der Waals surface area contributed by atoms with Crippen molar-refractivity contribution < 1.29 is 0 Å². The molecule has 13 heavy (non-hydrogen) atoms. The molecule has 2 heteroatoms.